The van der Waals surface area contributed by atoms with Gasteiger partial charge in [-0.25, -0.2) is 0 Å². The highest BCUT2D eigenvalue weighted by Crippen LogP contribution is 2.24. The van der Waals surface area contributed by atoms with Crippen molar-refractivity contribution < 1.29 is 9.53 Å². The van der Waals surface area contributed by atoms with Gasteiger partial charge in [0.1, 0.15) is 0 Å². The van der Waals surface area contributed by atoms with E-state index in [0.717, 1.165) is 43.1 Å². The highest BCUT2D eigenvalue weighted by atomic mass is 32.2. The van der Waals surface area contributed by atoms with Crippen LogP contribution in [0.15, 0.2) is 46.7 Å². The smallest absolute Gasteiger partial charge is 0.238 e. The zero-order valence-electron chi connectivity index (χ0n) is 14.4. The summed E-state index contributed by atoms with van der Waals surface area (Å²) in [4.78, 5) is 17.1. The minimum Gasteiger partial charge on any atom is -0.377 e. The van der Waals surface area contributed by atoms with Crippen LogP contribution in [0.5, 0.6) is 0 Å². The van der Waals surface area contributed by atoms with E-state index >= 15 is 0 Å². The number of hydrogen-bond acceptors (Lipinski definition) is 5. The highest BCUT2D eigenvalue weighted by molar-refractivity contribution is 7.98. The highest BCUT2D eigenvalue weighted by Gasteiger charge is 2.21. The summed E-state index contributed by atoms with van der Waals surface area (Å²) >= 11 is 3.37. The lowest BCUT2D eigenvalue weighted by Crippen LogP contribution is -2.37. The first-order valence-electron chi connectivity index (χ1n) is 8.54. The van der Waals surface area contributed by atoms with Crippen LogP contribution in [0, 0.1) is 0 Å². The van der Waals surface area contributed by atoms with Crippen LogP contribution in [0.25, 0.3) is 0 Å². The maximum atomic E-state index is 12.6. The summed E-state index contributed by atoms with van der Waals surface area (Å²) in [7, 11) is 0. The summed E-state index contributed by atoms with van der Waals surface area (Å²) < 4.78 is 5.77. The molecule has 1 N–H and O–H groups in total. The largest absolute Gasteiger partial charge is 0.377 e. The molecule has 0 spiro atoms. The zero-order valence-corrected chi connectivity index (χ0v) is 16.1. The van der Waals surface area contributed by atoms with E-state index in [1.165, 1.54) is 4.88 Å². The molecule has 6 heteroatoms. The molecule has 134 valence electrons. The number of anilines is 1. The Hall–Kier alpha value is -1.34. The van der Waals surface area contributed by atoms with E-state index in [4.69, 9.17) is 4.74 Å². The van der Waals surface area contributed by atoms with Crippen molar-refractivity contribution in [1.29, 1.82) is 0 Å². The molecule has 1 amide bonds. The molecule has 0 radical (unpaired) electrons. The number of carbonyl (C=O) groups excluding carboxylic acids is 1. The van der Waals surface area contributed by atoms with E-state index in [9.17, 15) is 4.79 Å². The maximum Gasteiger partial charge on any atom is 0.238 e. The van der Waals surface area contributed by atoms with Gasteiger partial charge in [0, 0.05) is 29.5 Å². The zero-order chi connectivity index (χ0) is 17.5. The van der Waals surface area contributed by atoms with Gasteiger partial charge < -0.3 is 10.1 Å². The molecule has 2 aromatic rings. The number of para-hydroxylation sites is 1. The second-order valence-corrected chi connectivity index (χ2v) is 8.01. The fourth-order valence-corrected chi connectivity index (χ4v) is 4.32. The van der Waals surface area contributed by atoms with Crippen molar-refractivity contribution in [3.05, 3.63) is 46.7 Å². The van der Waals surface area contributed by atoms with Gasteiger partial charge in [-0.2, -0.15) is 0 Å². The third-order valence-electron chi connectivity index (χ3n) is 4.19. The number of hydrogen-bond donors (Lipinski definition) is 1. The molecule has 1 aromatic carbocycles. The summed E-state index contributed by atoms with van der Waals surface area (Å²) in [5.41, 5.74) is 0.883. The molecule has 4 nitrogen and oxygen atoms in total. The van der Waals surface area contributed by atoms with Crippen molar-refractivity contribution in [2.75, 3.05) is 31.3 Å². The van der Waals surface area contributed by atoms with Crippen LogP contribution in [0.3, 0.4) is 0 Å². The molecule has 0 aliphatic carbocycles. The van der Waals surface area contributed by atoms with E-state index in [-0.39, 0.29) is 12.0 Å². The van der Waals surface area contributed by atoms with Crippen molar-refractivity contribution in [1.82, 2.24) is 4.90 Å². The quantitative estimate of drug-likeness (QED) is 0.705. The second-order valence-electron chi connectivity index (χ2n) is 6.13. The molecule has 0 bridgehead atoms. The summed E-state index contributed by atoms with van der Waals surface area (Å²) in [6, 6.07) is 12.1. The Balaban J connectivity index is 1.62. The first-order valence-corrected chi connectivity index (χ1v) is 10.6. The maximum absolute atomic E-state index is 12.6. The van der Waals surface area contributed by atoms with Crippen LogP contribution in [0.2, 0.25) is 0 Å². The van der Waals surface area contributed by atoms with Gasteiger partial charge in [0.2, 0.25) is 5.91 Å². The normalized spacial score (nSPS) is 17.1. The molecule has 1 atom stereocenters. The van der Waals surface area contributed by atoms with Gasteiger partial charge in [0.05, 0.1) is 18.3 Å². The van der Waals surface area contributed by atoms with E-state index < -0.39 is 0 Å². The average Bonchev–Trinajstić information content (AvgIpc) is 3.29. The second kappa shape index (κ2) is 9.38. The van der Waals surface area contributed by atoms with Gasteiger partial charge in [-0.3, -0.25) is 9.69 Å². The molecule has 3 rings (SSSR count). The lowest BCUT2D eigenvalue weighted by atomic mass is 10.2. The van der Waals surface area contributed by atoms with Crippen molar-refractivity contribution in [2.24, 2.45) is 0 Å². The predicted molar refractivity (Wildman–Crippen MR) is 105 cm³/mol. The Morgan fingerprint density at radius 2 is 2.24 bits per heavy atom. The molecule has 1 aliphatic rings. The minimum atomic E-state index is 0.0241. The van der Waals surface area contributed by atoms with Crippen LogP contribution in [0.4, 0.5) is 5.69 Å². The number of carbonyl (C=O) groups is 1. The van der Waals surface area contributed by atoms with Gasteiger partial charge >= 0.3 is 0 Å². The molecular weight excluding hydrogens is 352 g/mol. The Morgan fingerprint density at radius 3 is 2.96 bits per heavy atom. The van der Waals surface area contributed by atoms with Gasteiger partial charge in [-0.05, 0) is 42.7 Å². The number of thioether (sulfide) groups is 1. The number of amides is 1. The van der Waals surface area contributed by atoms with Crippen molar-refractivity contribution >= 4 is 34.7 Å². The third-order valence-corrected chi connectivity index (χ3v) is 5.85. The lowest BCUT2D eigenvalue weighted by molar-refractivity contribution is -0.117. The van der Waals surface area contributed by atoms with Crippen LogP contribution >= 0.6 is 23.1 Å². The number of thiophene rings is 1. The molecular formula is C19H24N2O2S2. The molecule has 0 saturated carbocycles. The Kier molecular flexibility index (Phi) is 6.93. The van der Waals surface area contributed by atoms with E-state index in [1.807, 2.05) is 30.5 Å². The van der Waals surface area contributed by atoms with Crippen LogP contribution in [0.1, 0.15) is 17.7 Å². The Morgan fingerprint density at radius 1 is 1.36 bits per heavy atom. The Labute approximate surface area is 157 Å². The molecule has 25 heavy (non-hydrogen) atoms. The number of nitrogens with zero attached hydrogens (tertiary/aromatic N) is 1. The van der Waals surface area contributed by atoms with Gasteiger partial charge in [-0.15, -0.1) is 23.1 Å². The summed E-state index contributed by atoms with van der Waals surface area (Å²) in [6.07, 6.45) is 4.46. The predicted octanol–water partition coefficient (Wildman–Crippen LogP) is 4.09. The van der Waals surface area contributed by atoms with Gasteiger partial charge in [0.15, 0.2) is 0 Å². The molecule has 1 saturated heterocycles. The average molecular weight is 377 g/mol. The number of benzene rings is 1. The fourth-order valence-electron chi connectivity index (χ4n) is 3.02. The summed E-state index contributed by atoms with van der Waals surface area (Å²) in [6.45, 7) is 2.80. The molecule has 1 fully saturated rings. The first kappa shape index (κ1) is 18.5. The van der Waals surface area contributed by atoms with E-state index in [1.54, 1.807) is 23.1 Å². The number of rotatable bonds is 8. The van der Waals surface area contributed by atoms with E-state index in [0.29, 0.717) is 6.54 Å². The molecule has 2 heterocycles. The lowest BCUT2D eigenvalue weighted by Gasteiger charge is -2.24. The summed E-state index contributed by atoms with van der Waals surface area (Å²) in [5, 5.41) is 5.14. The SMILES string of the molecule is CSc1ccccc1NC(=O)CN(Cc1cccs1)C[C@H]1CCCO1. The van der Waals surface area contributed by atoms with Crippen LogP contribution in [-0.4, -0.2) is 42.9 Å². The third kappa shape index (κ3) is 5.57. The van der Waals surface area contributed by atoms with E-state index in [2.05, 4.69) is 27.7 Å². The van der Waals surface area contributed by atoms with Gasteiger partial charge in [0.25, 0.3) is 0 Å². The topological polar surface area (TPSA) is 41.6 Å². The van der Waals surface area contributed by atoms with Crippen molar-refractivity contribution in [3.63, 3.8) is 0 Å². The molecule has 1 aliphatic heterocycles. The summed E-state index contributed by atoms with van der Waals surface area (Å²) in [5.74, 6) is 0.0241. The standard InChI is InChI=1S/C19H24N2O2S2/c1-24-18-9-3-2-8-17(18)20-19(22)14-21(12-15-6-4-10-23-15)13-16-7-5-11-25-16/h2-3,5,7-9,11,15H,4,6,10,12-14H2,1H3,(H,20,22)/t15-/m1/s1. The molecule has 0 unspecified atom stereocenters. The first-order chi connectivity index (χ1) is 12.2. The van der Waals surface area contributed by atoms with Crippen LogP contribution < -0.4 is 5.32 Å². The number of nitrogens with one attached hydrogen (secondary N) is 1. The minimum absolute atomic E-state index is 0.0241. The number of ether oxygens (including phenoxy) is 1. The monoisotopic (exact) mass is 376 g/mol. The van der Waals surface area contributed by atoms with Crippen molar-refractivity contribution in [2.45, 2.75) is 30.4 Å². The van der Waals surface area contributed by atoms with Gasteiger partial charge in [-0.1, -0.05) is 18.2 Å². The molecule has 1 aromatic heterocycles. The van der Waals surface area contributed by atoms with Crippen molar-refractivity contribution in [3.8, 4) is 0 Å². The fraction of sp³-hybridized carbons (Fsp3) is 0.421. The Bertz CT molecular complexity index is 670. The van der Waals surface area contributed by atoms with Crippen LogP contribution in [-0.2, 0) is 16.1 Å².